The third-order valence-electron chi connectivity index (χ3n) is 4.49. The van der Waals surface area contributed by atoms with Gasteiger partial charge < -0.3 is 9.72 Å². The van der Waals surface area contributed by atoms with E-state index >= 15 is 0 Å². The molecule has 4 rings (SSSR count). The number of aromatic nitrogens is 4. The number of nitrogens with one attached hydrogen (secondary N) is 1. The van der Waals surface area contributed by atoms with Crippen LogP contribution in [0.15, 0.2) is 43.0 Å². The minimum Gasteiger partial charge on any atom is -0.483 e. The minimum absolute atomic E-state index is 0.0574. The number of rotatable bonds is 5. The van der Waals surface area contributed by atoms with Crippen molar-refractivity contribution in [1.82, 2.24) is 19.7 Å². The van der Waals surface area contributed by atoms with Crippen LogP contribution >= 0.6 is 11.6 Å². The number of ketones is 1. The van der Waals surface area contributed by atoms with Crippen molar-refractivity contribution in [2.45, 2.75) is 6.18 Å². The van der Waals surface area contributed by atoms with Crippen LogP contribution in [0.5, 0.6) is 5.75 Å². The van der Waals surface area contributed by atoms with Crippen molar-refractivity contribution in [3.8, 4) is 16.9 Å². The average molecular weight is 453 g/mol. The molecule has 0 fully saturated rings. The molecule has 160 valence electrons. The first-order valence-electron chi connectivity index (χ1n) is 8.82. The second-order valence-electron chi connectivity index (χ2n) is 6.69. The molecular weight excluding hydrogens is 440 g/mol. The van der Waals surface area contributed by atoms with E-state index in [1.54, 1.807) is 36.4 Å². The largest absolute Gasteiger partial charge is 0.483 e. The molecule has 0 spiro atoms. The Hall–Kier alpha value is -3.40. The topological polar surface area (TPSA) is 72.8 Å². The van der Waals surface area contributed by atoms with Crippen molar-refractivity contribution in [1.29, 1.82) is 0 Å². The number of benzene rings is 1. The zero-order valence-electron chi connectivity index (χ0n) is 15.8. The number of ether oxygens (including phenoxy) is 1. The highest BCUT2D eigenvalue weighted by atomic mass is 35.5. The molecule has 0 aliphatic heterocycles. The van der Waals surface area contributed by atoms with Gasteiger partial charge in [0, 0.05) is 47.7 Å². The number of hydrogen-bond acceptors (Lipinski definition) is 4. The molecule has 3 aromatic heterocycles. The number of aromatic amines is 1. The first-order chi connectivity index (χ1) is 14.6. The van der Waals surface area contributed by atoms with Gasteiger partial charge in [0.1, 0.15) is 17.2 Å². The number of nitrogens with zero attached hydrogens (tertiary/aromatic N) is 3. The fourth-order valence-corrected chi connectivity index (χ4v) is 3.36. The number of alkyl halides is 3. The molecule has 1 aromatic carbocycles. The average Bonchev–Trinajstić information content (AvgIpc) is 3.32. The molecule has 0 atom stereocenters. The van der Waals surface area contributed by atoms with Gasteiger partial charge in [0.2, 0.25) is 0 Å². The molecule has 4 aromatic rings. The van der Waals surface area contributed by atoms with Crippen LogP contribution in [0.3, 0.4) is 0 Å². The summed E-state index contributed by atoms with van der Waals surface area (Å²) in [7, 11) is 1.75. The van der Waals surface area contributed by atoms with E-state index in [4.69, 9.17) is 11.6 Å². The van der Waals surface area contributed by atoms with Gasteiger partial charge in [-0.3, -0.25) is 9.48 Å². The molecule has 0 aliphatic carbocycles. The smallest absolute Gasteiger partial charge is 0.422 e. The number of hydrogen-bond donors (Lipinski definition) is 1. The van der Waals surface area contributed by atoms with Gasteiger partial charge in [-0.2, -0.15) is 18.3 Å². The number of aryl methyl sites for hydroxylation is 1. The van der Waals surface area contributed by atoms with E-state index in [0.717, 1.165) is 17.7 Å². The fraction of sp³-hybridized carbons (Fsp3) is 0.150. The summed E-state index contributed by atoms with van der Waals surface area (Å²) in [6, 6.07) is 3.45. The second kappa shape index (κ2) is 7.69. The minimum atomic E-state index is -4.62. The van der Waals surface area contributed by atoms with E-state index in [1.165, 1.54) is 6.20 Å². The lowest BCUT2D eigenvalue weighted by Gasteiger charge is -2.13. The van der Waals surface area contributed by atoms with Crippen LogP contribution in [0.4, 0.5) is 17.6 Å². The van der Waals surface area contributed by atoms with Crippen molar-refractivity contribution in [3.05, 3.63) is 65.0 Å². The lowest BCUT2D eigenvalue weighted by Crippen LogP contribution is -2.19. The van der Waals surface area contributed by atoms with E-state index in [1.807, 2.05) is 0 Å². The molecule has 0 unspecified atom stereocenters. The maximum absolute atomic E-state index is 14.5. The maximum Gasteiger partial charge on any atom is 0.422 e. The van der Waals surface area contributed by atoms with Crippen molar-refractivity contribution >= 4 is 28.4 Å². The van der Waals surface area contributed by atoms with E-state index in [0.29, 0.717) is 16.6 Å². The first kappa shape index (κ1) is 20.9. The number of fused-ring (bicyclic) bond motifs is 1. The third-order valence-corrected chi connectivity index (χ3v) is 4.86. The van der Waals surface area contributed by atoms with Crippen LogP contribution in [0.25, 0.3) is 22.2 Å². The summed E-state index contributed by atoms with van der Waals surface area (Å²) < 4.78 is 58.1. The predicted octanol–water partition coefficient (Wildman–Crippen LogP) is 4.93. The standard InChI is InChI=1S/C20H13ClF4N4O2/c1-29-8-11(6-28-29)10-4-12-13(7-27-19(12)26-5-10)18(30)16-14(22)2-3-15(17(16)21)31-9-20(23,24)25/h2-8H,9H2,1H3,(H,26,27). The van der Waals surface area contributed by atoms with Gasteiger partial charge in [0.05, 0.1) is 16.8 Å². The molecule has 0 bridgehead atoms. The van der Waals surface area contributed by atoms with Crippen LogP contribution in [0.2, 0.25) is 5.02 Å². The SMILES string of the molecule is Cn1cc(-c2cnc3[nH]cc(C(=O)c4c(F)ccc(OCC(F)(F)F)c4Cl)c3c2)cn1. The van der Waals surface area contributed by atoms with Gasteiger partial charge in [-0.25, -0.2) is 9.37 Å². The first-order valence-corrected chi connectivity index (χ1v) is 9.20. The third kappa shape index (κ3) is 4.11. The molecule has 11 heteroatoms. The van der Waals surface area contributed by atoms with Crippen LogP contribution in [0, 0.1) is 5.82 Å². The Morgan fingerprint density at radius 3 is 2.71 bits per heavy atom. The summed E-state index contributed by atoms with van der Waals surface area (Å²) in [6.45, 7) is -1.63. The Bertz CT molecular complexity index is 1300. The number of pyridine rings is 1. The van der Waals surface area contributed by atoms with E-state index in [-0.39, 0.29) is 5.56 Å². The van der Waals surface area contributed by atoms with Crippen molar-refractivity contribution in [3.63, 3.8) is 0 Å². The highest BCUT2D eigenvalue weighted by molar-refractivity contribution is 6.37. The predicted molar refractivity (Wildman–Crippen MR) is 105 cm³/mol. The molecular formula is C20H13ClF4N4O2. The van der Waals surface area contributed by atoms with Gasteiger partial charge in [-0.1, -0.05) is 11.6 Å². The number of halogens is 5. The molecule has 3 heterocycles. The highest BCUT2D eigenvalue weighted by Gasteiger charge is 2.30. The quantitative estimate of drug-likeness (QED) is 0.344. The molecule has 1 N–H and O–H groups in total. The Morgan fingerprint density at radius 2 is 2.03 bits per heavy atom. The molecule has 0 radical (unpaired) electrons. The van der Waals surface area contributed by atoms with Crippen LogP contribution < -0.4 is 4.74 Å². The number of carbonyl (C=O) groups is 1. The monoisotopic (exact) mass is 452 g/mol. The molecule has 0 aliphatic rings. The van der Waals surface area contributed by atoms with E-state index < -0.39 is 40.7 Å². The van der Waals surface area contributed by atoms with Crippen LogP contribution in [-0.4, -0.2) is 38.3 Å². The lowest BCUT2D eigenvalue weighted by atomic mass is 10.0. The van der Waals surface area contributed by atoms with Gasteiger partial charge in [-0.05, 0) is 18.2 Å². The summed E-state index contributed by atoms with van der Waals surface area (Å²) in [5.41, 5.74) is 1.26. The van der Waals surface area contributed by atoms with Crippen molar-refractivity contribution in [2.24, 2.45) is 7.05 Å². The van der Waals surface area contributed by atoms with Gasteiger partial charge in [0.15, 0.2) is 12.4 Å². The van der Waals surface area contributed by atoms with Crippen molar-refractivity contribution < 1.29 is 27.1 Å². The van der Waals surface area contributed by atoms with E-state index in [9.17, 15) is 22.4 Å². The lowest BCUT2D eigenvalue weighted by molar-refractivity contribution is -0.153. The summed E-state index contributed by atoms with van der Waals surface area (Å²) in [5.74, 6) is -2.26. The zero-order valence-corrected chi connectivity index (χ0v) is 16.6. The summed E-state index contributed by atoms with van der Waals surface area (Å²) in [6.07, 6.45) is 1.69. The Morgan fingerprint density at radius 1 is 1.26 bits per heavy atom. The number of carbonyl (C=O) groups excluding carboxylic acids is 1. The second-order valence-corrected chi connectivity index (χ2v) is 7.07. The Balaban J connectivity index is 1.76. The van der Waals surface area contributed by atoms with Crippen LogP contribution in [0.1, 0.15) is 15.9 Å². The Labute approximate surface area is 177 Å². The zero-order chi connectivity index (χ0) is 22.3. The Kier molecular flexibility index (Phi) is 5.18. The van der Waals surface area contributed by atoms with Gasteiger partial charge in [0.25, 0.3) is 0 Å². The number of H-pyrrole nitrogens is 1. The molecule has 0 saturated carbocycles. The highest BCUT2D eigenvalue weighted by Crippen LogP contribution is 2.34. The normalized spacial score (nSPS) is 11.8. The van der Waals surface area contributed by atoms with Crippen LogP contribution in [-0.2, 0) is 7.05 Å². The van der Waals surface area contributed by atoms with Gasteiger partial charge >= 0.3 is 6.18 Å². The molecule has 0 saturated heterocycles. The summed E-state index contributed by atoms with van der Waals surface area (Å²) in [4.78, 5) is 20.2. The van der Waals surface area contributed by atoms with E-state index in [2.05, 4.69) is 19.8 Å². The van der Waals surface area contributed by atoms with Gasteiger partial charge in [-0.15, -0.1) is 0 Å². The summed E-state index contributed by atoms with van der Waals surface area (Å²) in [5, 5.41) is 3.94. The molecule has 0 amide bonds. The molecule has 6 nitrogen and oxygen atoms in total. The summed E-state index contributed by atoms with van der Waals surface area (Å²) >= 11 is 6.05. The maximum atomic E-state index is 14.5. The van der Waals surface area contributed by atoms with Crippen molar-refractivity contribution in [2.75, 3.05) is 6.61 Å². The fourth-order valence-electron chi connectivity index (χ4n) is 3.07. The molecule has 31 heavy (non-hydrogen) atoms.